The molecule has 5 nitrogen and oxygen atoms in total. The summed E-state index contributed by atoms with van der Waals surface area (Å²) in [6.45, 7) is 3.14. The number of aryl methyl sites for hydroxylation is 1. The highest BCUT2D eigenvalue weighted by molar-refractivity contribution is 7.18. The smallest absolute Gasteiger partial charge is 0.255 e. The number of carbonyl (C=O) groups is 2. The molecule has 144 valence electrons. The standard InChI is InChI=1S/C23H19N3O2S/c1-14-25-20-12-15(8-9-21(20)29-14)16-4-2-6-18-17(16)5-3-7-19(18)23(28)26-11-10-24-22(27)13-26/h2-9,12H,10-11,13H2,1H3,(H,24,27). The number of rotatable bonds is 2. The highest BCUT2D eigenvalue weighted by Crippen LogP contribution is 2.33. The number of piperazine rings is 1. The molecule has 2 heterocycles. The van der Waals surface area contributed by atoms with Crippen LogP contribution < -0.4 is 5.32 Å². The quantitative estimate of drug-likeness (QED) is 0.552. The molecule has 0 radical (unpaired) electrons. The molecule has 1 aliphatic heterocycles. The number of nitrogens with zero attached hydrogens (tertiary/aromatic N) is 2. The van der Waals surface area contributed by atoms with E-state index in [1.54, 1.807) is 16.2 Å². The van der Waals surface area contributed by atoms with Gasteiger partial charge in [0.25, 0.3) is 5.91 Å². The largest absolute Gasteiger partial charge is 0.353 e. The Bertz CT molecular complexity index is 1280. The van der Waals surface area contributed by atoms with Gasteiger partial charge in [-0.15, -0.1) is 11.3 Å². The number of thiazole rings is 1. The van der Waals surface area contributed by atoms with Crippen LogP contribution >= 0.6 is 11.3 Å². The molecule has 0 spiro atoms. The number of nitrogens with one attached hydrogen (secondary N) is 1. The van der Waals surface area contributed by atoms with E-state index in [-0.39, 0.29) is 18.4 Å². The average molecular weight is 401 g/mol. The van der Waals surface area contributed by atoms with Gasteiger partial charge in [-0.1, -0.05) is 36.4 Å². The van der Waals surface area contributed by atoms with Crippen molar-refractivity contribution in [2.45, 2.75) is 6.92 Å². The van der Waals surface area contributed by atoms with Gasteiger partial charge in [-0.25, -0.2) is 4.98 Å². The van der Waals surface area contributed by atoms with E-state index in [0.29, 0.717) is 18.7 Å². The van der Waals surface area contributed by atoms with Crippen LogP contribution in [0.25, 0.3) is 32.1 Å². The van der Waals surface area contributed by atoms with Gasteiger partial charge >= 0.3 is 0 Å². The second-order valence-corrected chi connectivity index (χ2v) is 8.43. The second-order valence-electron chi connectivity index (χ2n) is 7.20. The number of carbonyl (C=O) groups excluding carboxylic acids is 2. The lowest BCUT2D eigenvalue weighted by atomic mass is 9.95. The SMILES string of the molecule is Cc1nc2cc(-c3cccc4c(C(=O)N5CCNC(=O)C5)cccc34)ccc2s1. The van der Waals surface area contributed by atoms with Crippen molar-refractivity contribution in [3.8, 4) is 11.1 Å². The summed E-state index contributed by atoms with van der Waals surface area (Å²) in [5.74, 6) is -0.217. The van der Waals surface area contributed by atoms with Crippen LogP contribution in [0.5, 0.6) is 0 Å². The minimum atomic E-state index is -0.114. The zero-order valence-corrected chi connectivity index (χ0v) is 16.8. The Labute approximate surface area is 172 Å². The van der Waals surface area contributed by atoms with Crippen molar-refractivity contribution in [2.75, 3.05) is 19.6 Å². The van der Waals surface area contributed by atoms with E-state index >= 15 is 0 Å². The predicted molar refractivity (Wildman–Crippen MR) is 116 cm³/mol. The van der Waals surface area contributed by atoms with Crippen molar-refractivity contribution >= 4 is 44.1 Å². The van der Waals surface area contributed by atoms with Crippen molar-refractivity contribution in [3.63, 3.8) is 0 Å². The van der Waals surface area contributed by atoms with Crippen LogP contribution in [0.4, 0.5) is 0 Å². The lowest BCUT2D eigenvalue weighted by Gasteiger charge is -2.27. The molecule has 6 heteroatoms. The Morgan fingerprint density at radius 1 is 1.10 bits per heavy atom. The first kappa shape index (κ1) is 17.8. The third-order valence-electron chi connectivity index (χ3n) is 5.28. The first-order chi connectivity index (χ1) is 14.1. The summed E-state index contributed by atoms with van der Waals surface area (Å²) in [4.78, 5) is 31.1. The molecule has 1 aliphatic rings. The Kier molecular flexibility index (Phi) is 4.28. The zero-order valence-electron chi connectivity index (χ0n) is 15.9. The Morgan fingerprint density at radius 2 is 1.93 bits per heavy atom. The molecule has 4 aromatic rings. The van der Waals surface area contributed by atoms with Crippen molar-refractivity contribution in [2.24, 2.45) is 0 Å². The molecule has 0 bridgehead atoms. The Balaban J connectivity index is 1.62. The van der Waals surface area contributed by atoms with Crippen LogP contribution in [0.2, 0.25) is 0 Å². The van der Waals surface area contributed by atoms with Crippen LogP contribution in [0, 0.1) is 6.92 Å². The van der Waals surface area contributed by atoms with Gasteiger partial charge in [0.1, 0.15) is 0 Å². The van der Waals surface area contributed by atoms with E-state index in [1.807, 2.05) is 37.3 Å². The van der Waals surface area contributed by atoms with Crippen LogP contribution in [-0.4, -0.2) is 41.3 Å². The molecular weight excluding hydrogens is 382 g/mol. The lowest BCUT2D eigenvalue weighted by Crippen LogP contribution is -2.50. The fraction of sp³-hybridized carbons (Fsp3) is 0.174. The number of fused-ring (bicyclic) bond motifs is 2. The van der Waals surface area contributed by atoms with E-state index < -0.39 is 0 Å². The molecular formula is C23H19N3O2S. The van der Waals surface area contributed by atoms with Gasteiger partial charge in [-0.2, -0.15) is 0 Å². The number of hydrogen-bond donors (Lipinski definition) is 1. The predicted octanol–water partition coefficient (Wildman–Crippen LogP) is 4.00. The number of benzene rings is 3. The second kappa shape index (κ2) is 6.97. The van der Waals surface area contributed by atoms with E-state index in [4.69, 9.17) is 0 Å². The molecule has 1 fully saturated rings. The van der Waals surface area contributed by atoms with Crippen molar-refractivity contribution < 1.29 is 9.59 Å². The number of amides is 2. The maximum absolute atomic E-state index is 13.1. The molecule has 1 saturated heterocycles. The van der Waals surface area contributed by atoms with Crippen molar-refractivity contribution in [1.29, 1.82) is 0 Å². The summed E-state index contributed by atoms with van der Waals surface area (Å²) in [6.07, 6.45) is 0. The van der Waals surface area contributed by atoms with Crippen LogP contribution in [-0.2, 0) is 4.79 Å². The summed E-state index contributed by atoms with van der Waals surface area (Å²) < 4.78 is 1.17. The maximum Gasteiger partial charge on any atom is 0.255 e. The monoisotopic (exact) mass is 401 g/mol. The van der Waals surface area contributed by atoms with Gasteiger partial charge in [-0.05, 0) is 47.0 Å². The summed E-state index contributed by atoms with van der Waals surface area (Å²) >= 11 is 1.69. The molecule has 0 unspecified atom stereocenters. The van der Waals surface area contributed by atoms with Crippen molar-refractivity contribution in [1.82, 2.24) is 15.2 Å². The number of hydrogen-bond acceptors (Lipinski definition) is 4. The summed E-state index contributed by atoms with van der Waals surface area (Å²) in [5.41, 5.74) is 3.77. The summed E-state index contributed by atoms with van der Waals surface area (Å²) in [7, 11) is 0. The van der Waals surface area contributed by atoms with E-state index in [2.05, 4.69) is 34.6 Å². The van der Waals surface area contributed by atoms with Gasteiger partial charge in [0, 0.05) is 18.7 Å². The highest BCUT2D eigenvalue weighted by atomic mass is 32.1. The van der Waals surface area contributed by atoms with Gasteiger partial charge < -0.3 is 10.2 Å². The highest BCUT2D eigenvalue weighted by Gasteiger charge is 2.23. The number of aromatic nitrogens is 1. The normalized spacial score (nSPS) is 14.4. The maximum atomic E-state index is 13.1. The fourth-order valence-corrected chi connectivity index (χ4v) is 4.75. The molecule has 0 atom stereocenters. The third-order valence-corrected chi connectivity index (χ3v) is 6.24. The van der Waals surface area contributed by atoms with E-state index in [0.717, 1.165) is 32.4 Å². The molecule has 0 saturated carbocycles. The van der Waals surface area contributed by atoms with Crippen LogP contribution in [0.1, 0.15) is 15.4 Å². The first-order valence-electron chi connectivity index (χ1n) is 9.55. The van der Waals surface area contributed by atoms with Gasteiger partial charge in [0.2, 0.25) is 5.91 Å². The van der Waals surface area contributed by atoms with Crippen LogP contribution in [0.15, 0.2) is 54.6 Å². The van der Waals surface area contributed by atoms with Crippen LogP contribution in [0.3, 0.4) is 0 Å². The van der Waals surface area contributed by atoms with Crippen molar-refractivity contribution in [3.05, 3.63) is 65.2 Å². The zero-order chi connectivity index (χ0) is 20.0. The minimum Gasteiger partial charge on any atom is -0.353 e. The molecule has 1 N–H and O–H groups in total. The third kappa shape index (κ3) is 3.15. The molecule has 5 rings (SSSR count). The first-order valence-corrected chi connectivity index (χ1v) is 10.4. The molecule has 0 aliphatic carbocycles. The summed E-state index contributed by atoms with van der Waals surface area (Å²) in [6, 6.07) is 18.1. The Morgan fingerprint density at radius 3 is 2.79 bits per heavy atom. The lowest BCUT2D eigenvalue weighted by molar-refractivity contribution is -0.123. The van der Waals surface area contributed by atoms with E-state index in [9.17, 15) is 9.59 Å². The molecule has 3 aromatic carbocycles. The average Bonchev–Trinajstić information content (AvgIpc) is 3.11. The van der Waals surface area contributed by atoms with E-state index in [1.165, 1.54) is 4.70 Å². The molecule has 2 amide bonds. The van der Waals surface area contributed by atoms with Gasteiger partial charge in [0.05, 0.1) is 21.8 Å². The minimum absolute atomic E-state index is 0.104. The molecule has 29 heavy (non-hydrogen) atoms. The van der Waals surface area contributed by atoms with Gasteiger partial charge in [-0.3, -0.25) is 9.59 Å². The molecule has 1 aromatic heterocycles. The van der Waals surface area contributed by atoms with Gasteiger partial charge in [0.15, 0.2) is 0 Å². The Hall–Kier alpha value is -3.25. The summed E-state index contributed by atoms with van der Waals surface area (Å²) in [5, 5.41) is 5.73. The topological polar surface area (TPSA) is 62.3 Å². The fourth-order valence-electron chi connectivity index (χ4n) is 3.94.